The molecule has 2 heterocycles. The van der Waals surface area contributed by atoms with Gasteiger partial charge in [-0.25, -0.2) is 4.98 Å². The standard InChI is InChI=1S/C32H26ClN5O3S/c1-20(30(39)38-29-15-14-23(33)19-35-29)42-25-11-7-10-24(17-25)36-32(41)28(37-31(40)21-8-3-2-4-9-21)16-22-18-34-27-13-6-5-12-26(22)27/h2-20,34H,1H3,(H,36,41)(H,37,40)(H,35,38,39)/b28-16-. The number of aromatic nitrogens is 2. The molecule has 3 aromatic carbocycles. The number of halogens is 1. The van der Waals surface area contributed by atoms with Crippen LogP contribution in [-0.4, -0.2) is 32.9 Å². The summed E-state index contributed by atoms with van der Waals surface area (Å²) in [5.74, 6) is -0.718. The van der Waals surface area contributed by atoms with Crippen LogP contribution in [0, 0.1) is 0 Å². The van der Waals surface area contributed by atoms with E-state index >= 15 is 0 Å². The van der Waals surface area contributed by atoms with Crippen molar-refractivity contribution in [3.63, 3.8) is 0 Å². The number of carbonyl (C=O) groups is 3. The quantitative estimate of drug-likeness (QED) is 0.111. The number of hydrogen-bond donors (Lipinski definition) is 4. The molecule has 0 radical (unpaired) electrons. The van der Waals surface area contributed by atoms with E-state index in [2.05, 4.69) is 25.9 Å². The van der Waals surface area contributed by atoms with Crippen LogP contribution in [0.1, 0.15) is 22.8 Å². The van der Waals surface area contributed by atoms with Gasteiger partial charge in [-0.15, -0.1) is 11.8 Å². The molecule has 0 spiro atoms. The highest BCUT2D eigenvalue weighted by Gasteiger charge is 2.18. The summed E-state index contributed by atoms with van der Waals surface area (Å²) in [6.45, 7) is 1.78. The van der Waals surface area contributed by atoms with Crippen LogP contribution >= 0.6 is 23.4 Å². The minimum atomic E-state index is -0.494. The van der Waals surface area contributed by atoms with Crippen molar-refractivity contribution in [1.29, 1.82) is 0 Å². The number of hydrogen-bond acceptors (Lipinski definition) is 5. The monoisotopic (exact) mass is 595 g/mol. The summed E-state index contributed by atoms with van der Waals surface area (Å²) in [7, 11) is 0. The number of amides is 3. The number of pyridine rings is 1. The Bertz CT molecular complexity index is 1770. The zero-order valence-electron chi connectivity index (χ0n) is 22.4. The van der Waals surface area contributed by atoms with Gasteiger partial charge >= 0.3 is 0 Å². The second-order valence-corrected chi connectivity index (χ2v) is 11.1. The molecule has 5 rings (SSSR count). The Labute approximate surface area is 251 Å². The first kappa shape index (κ1) is 28.7. The average molecular weight is 596 g/mol. The van der Waals surface area contributed by atoms with Crippen LogP contribution in [0.15, 0.2) is 114 Å². The molecule has 0 saturated heterocycles. The molecule has 42 heavy (non-hydrogen) atoms. The van der Waals surface area contributed by atoms with E-state index < -0.39 is 17.1 Å². The zero-order valence-corrected chi connectivity index (χ0v) is 24.0. The number of nitrogens with zero attached hydrogens (tertiary/aromatic N) is 1. The summed E-state index contributed by atoms with van der Waals surface area (Å²) in [6.07, 6.45) is 4.89. The first-order valence-electron chi connectivity index (χ1n) is 13.0. The molecular weight excluding hydrogens is 570 g/mol. The predicted octanol–water partition coefficient (Wildman–Crippen LogP) is 6.75. The first-order valence-corrected chi connectivity index (χ1v) is 14.3. The van der Waals surface area contributed by atoms with Gasteiger partial charge in [-0.1, -0.05) is 54.1 Å². The topological polar surface area (TPSA) is 116 Å². The van der Waals surface area contributed by atoms with Crippen molar-refractivity contribution < 1.29 is 14.4 Å². The summed E-state index contributed by atoms with van der Waals surface area (Å²) in [4.78, 5) is 47.3. The Balaban J connectivity index is 1.33. The highest BCUT2D eigenvalue weighted by atomic mass is 35.5. The Morgan fingerprint density at radius 1 is 0.929 bits per heavy atom. The lowest BCUT2D eigenvalue weighted by Crippen LogP contribution is -2.30. The molecule has 210 valence electrons. The molecule has 2 aromatic heterocycles. The lowest BCUT2D eigenvalue weighted by atomic mass is 10.1. The Hall–Kier alpha value is -4.86. The number of carbonyl (C=O) groups excluding carboxylic acids is 3. The van der Waals surface area contributed by atoms with Crippen LogP contribution in [0.5, 0.6) is 0 Å². The van der Waals surface area contributed by atoms with Crippen LogP contribution in [0.25, 0.3) is 17.0 Å². The van der Waals surface area contributed by atoms with E-state index in [0.29, 0.717) is 22.1 Å². The molecule has 0 aliphatic rings. The van der Waals surface area contributed by atoms with Crippen LogP contribution < -0.4 is 16.0 Å². The fourth-order valence-corrected chi connectivity index (χ4v) is 5.13. The maximum Gasteiger partial charge on any atom is 0.272 e. The van der Waals surface area contributed by atoms with E-state index in [4.69, 9.17) is 11.6 Å². The van der Waals surface area contributed by atoms with Gasteiger partial charge in [0.15, 0.2) is 0 Å². The molecule has 0 bridgehead atoms. The first-order chi connectivity index (χ1) is 20.4. The van der Waals surface area contributed by atoms with Gasteiger partial charge in [0.05, 0.1) is 10.3 Å². The highest BCUT2D eigenvalue weighted by molar-refractivity contribution is 8.00. The van der Waals surface area contributed by atoms with E-state index in [-0.39, 0.29) is 11.6 Å². The number of thioether (sulfide) groups is 1. The van der Waals surface area contributed by atoms with E-state index in [1.165, 1.54) is 18.0 Å². The second-order valence-electron chi connectivity index (χ2n) is 9.26. The van der Waals surface area contributed by atoms with Gasteiger partial charge in [-0.3, -0.25) is 14.4 Å². The predicted molar refractivity (Wildman–Crippen MR) is 168 cm³/mol. The molecule has 4 N–H and O–H groups in total. The SMILES string of the molecule is CC(Sc1cccc(NC(=O)/C(=C/c2c[nH]c3ccccc23)NC(=O)c2ccccc2)c1)C(=O)Nc1ccc(Cl)cn1. The molecule has 5 aromatic rings. The van der Waals surface area contributed by atoms with Crippen molar-refractivity contribution in [3.8, 4) is 0 Å². The summed E-state index contributed by atoms with van der Waals surface area (Å²) >= 11 is 7.20. The largest absolute Gasteiger partial charge is 0.361 e. The number of benzene rings is 3. The number of rotatable bonds is 9. The lowest BCUT2D eigenvalue weighted by Gasteiger charge is -2.14. The van der Waals surface area contributed by atoms with Crippen molar-refractivity contribution in [1.82, 2.24) is 15.3 Å². The summed E-state index contributed by atoms with van der Waals surface area (Å²) < 4.78 is 0. The van der Waals surface area contributed by atoms with Gasteiger partial charge in [-0.05, 0) is 61.5 Å². The minimum Gasteiger partial charge on any atom is -0.361 e. The normalized spacial score (nSPS) is 12.0. The number of fused-ring (bicyclic) bond motifs is 1. The third-order valence-electron chi connectivity index (χ3n) is 6.20. The van der Waals surface area contributed by atoms with E-state index in [0.717, 1.165) is 21.4 Å². The smallest absolute Gasteiger partial charge is 0.272 e. The summed E-state index contributed by atoms with van der Waals surface area (Å²) in [5.41, 5.74) is 2.68. The van der Waals surface area contributed by atoms with Gasteiger partial charge in [0.1, 0.15) is 11.5 Å². The Morgan fingerprint density at radius 2 is 1.71 bits per heavy atom. The van der Waals surface area contributed by atoms with E-state index in [9.17, 15) is 14.4 Å². The highest BCUT2D eigenvalue weighted by Crippen LogP contribution is 2.27. The van der Waals surface area contributed by atoms with Gasteiger partial charge < -0.3 is 20.9 Å². The summed E-state index contributed by atoms with van der Waals surface area (Å²) in [5, 5.41) is 9.36. The van der Waals surface area contributed by atoms with Crippen molar-refractivity contribution in [2.45, 2.75) is 17.1 Å². The molecule has 0 saturated carbocycles. The zero-order chi connectivity index (χ0) is 29.5. The van der Waals surface area contributed by atoms with Gasteiger partial charge in [0, 0.05) is 45.0 Å². The number of nitrogens with one attached hydrogen (secondary N) is 4. The van der Waals surface area contributed by atoms with Crippen molar-refractivity contribution in [2.75, 3.05) is 10.6 Å². The third-order valence-corrected chi connectivity index (χ3v) is 7.52. The van der Waals surface area contributed by atoms with Crippen molar-refractivity contribution in [2.24, 2.45) is 0 Å². The Kier molecular flexibility index (Phi) is 9.01. The van der Waals surface area contributed by atoms with Crippen LogP contribution in [0.2, 0.25) is 5.02 Å². The fourth-order valence-electron chi connectivity index (χ4n) is 4.09. The minimum absolute atomic E-state index is 0.0786. The number of para-hydroxylation sites is 1. The number of anilines is 2. The fraction of sp³-hybridized carbons (Fsp3) is 0.0625. The molecule has 10 heteroatoms. The maximum atomic E-state index is 13.5. The van der Waals surface area contributed by atoms with Gasteiger partial charge in [0.25, 0.3) is 11.8 Å². The maximum absolute atomic E-state index is 13.5. The van der Waals surface area contributed by atoms with Crippen molar-refractivity contribution >= 4 is 69.6 Å². The number of H-pyrrole nitrogens is 1. The third kappa shape index (κ3) is 7.25. The van der Waals surface area contributed by atoms with Crippen LogP contribution in [-0.2, 0) is 9.59 Å². The van der Waals surface area contributed by atoms with Gasteiger partial charge in [0.2, 0.25) is 5.91 Å². The molecule has 1 unspecified atom stereocenters. The molecule has 0 aliphatic heterocycles. The molecular formula is C32H26ClN5O3S. The average Bonchev–Trinajstić information content (AvgIpc) is 3.41. The second kappa shape index (κ2) is 13.2. The summed E-state index contributed by atoms with van der Waals surface area (Å²) in [6, 6.07) is 26.8. The molecule has 0 aliphatic carbocycles. The van der Waals surface area contributed by atoms with E-state index in [1.54, 1.807) is 73.8 Å². The number of aromatic amines is 1. The molecule has 1 atom stereocenters. The van der Waals surface area contributed by atoms with Crippen molar-refractivity contribution in [3.05, 3.63) is 125 Å². The Morgan fingerprint density at radius 3 is 2.50 bits per heavy atom. The molecule has 0 fully saturated rings. The van der Waals surface area contributed by atoms with Gasteiger partial charge in [-0.2, -0.15) is 0 Å². The lowest BCUT2D eigenvalue weighted by molar-refractivity contribution is -0.115. The molecule has 8 nitrogen and oxygen atoms in total. The van der Waals surface area contributed by atoms with Crippen LogP contribution in [0.3, 0.4) is 0 Å². The molecule has 3 amide bonds. The van der Waals surface area contributed by atoms with E-state index in [1.807, 2.05) is 36.4 Å². The van der Waals surface area contributed by atoms with Crippen LogP contribution in [0.4, 0.5) is 11.5 Å².